The van der Waals surface area contributed by atoms with E-state index < -0.39 is 0 Å². The van der Waals surface area contributed by atoms with Gasteiger partial charge < -0.3 is 5.73 Å². The molecule has 0 heterocycles. The van der Waals surface area contributed by atoms with Crippen molar-refractivity contribution >= 4 is 5.78 Å². The molecular formula is C11H13NO. The lowest BCUT2D eigenvalue weighted by molar-refractivity contribution is -0.113. The predicted octanol–water partition coefficient (Wildman–Crippen LogP) is 1.66. The molecule has 0 saturated heterocycles. The number of rotatable bonds is 3. The molecule has 0 aromatic heterocycles. The van der Waals surface area contributed by atoms with Gasteiger partial charge in [0.05, 0.1) is 0 Å². The SMILES string of the molecule is CC(=O)/C(=C\N)Cc1ccccc1. The quantitative estimate of drug-likeness (QED) is 0.710. The van der Waals surface area contributed by atoms with E-state index in [1.807, 2.05) is 30.3 Å². The molecule has 1 aromatic carbocycles. The van der Waals surface area contributed by atoms with E-state index in [0.29, 0.717) is 12.0 Å². The van der Waals surface area contributed by atoms with Crippen LogP contribution in [-0.2, 0) is 11.2 Å². The Balaban J connectivity index is 2.74. The molecule has 1 aromatic rings. The Hall–Kier alpha value is -1.57. The van der Waals surface area contributed by atoms with Crippen molar-refractivity contribution in [1.82, 2.24) is 0 Å². The molecular weight excluding hydrogens is 162 g/mol. The van der Waals surface area contributed by atoms with Crippen LogP contribution in [0.2, 0.25) is 0 Å². The van der Waals surface area contributed by atoms with Crippen molar-refractivity contribution in [3.05, 3.63) is 47.7 Å². The Labute approximate surface area is 78.1 Å². The minimum Gasteiger partial charge on any atom is -0.404 e. The maximum atomic E-state index is 11.0. The standard InChI is InChI=1S/C11H13NO/c1-9(13)11(8-12)7-10-5-3-2-4-6-10/h2-6,8H,7,12H2,1H3/b11-8-. The smallest absolute Gasteiger partial charge is 0.157 e. The highest BCUT2D eigenvalue weighted by Crippen LogP contribution is 2.07. The summed E-state index contributed by atoms with van der Waals surface area (Å²) >= 11 is 0. The van der Waals surface area contributed by atoms with Crippen LogP contribution in [-0.4, -0.2) is 5.78 Å². The second kappa shape index (κ2) is 4.45. The van der Waals surface area contributed by atoms with E-state index in [1.165, 1.54) is 13.1 Å². The second-order valence-corrected chi connectivity index (χ2v) is 2.91. The number of carbonyl (C=O) groups is 1. The number of ketones is 1. The lowest BCUT2D eigenvalue weighted by Crippen LogP contribution is -2.03. The first-order chi connectivity index (χ1) is 6.24. The Morgan fingerprint density at radius 3 is 2.46 bits per heavy atom. The Morgan fingerprint density at radius 2 is 2.00 bits per heavy atom. The van der Waals surface area contributed by atoms with Gasteiger partial charge in [-0.15, -0.1) is 0 Å². The lowest BCUT2D eigenvalue weighted by atomic mass is 10.0. The molecule has 0 unspecified atom stereocenters. The summed E-state index contributed by atoms with van der Waals surface area (Å²) in [6.45, 7) is 1.53. The van der Waals surface area contributed by atoms with Crippen LogP contribution in [0.5, 0.6) is 0 Å². The van der Waals surface area contributed by atoms with E-state index in [2.05, 4.69) is 0 Å². The average Bonchev–Trinajstić information content (AvgIpc) is 2.15. The highest BCUT2D eigenvalue weighted by atomic mass is 16.1. The first-order valence-corrected chi connectivity index (χ1v) is 4.19. The third-order valence-electron chi connectivity index (χ3n) is 1.89. The van der Waals surface area contributed by atoms with Gasteiger partial charge in [0.25, 0.3) is 0 Å². The second-order valence-electron chi connectivity index (χ2n) is 2.91. The van der Waals surface area contributed by atoms with Crippen LogP contribution in [0, 0.1) is 0 Å². The number of benzene rings is 1. The minimum absolute atomic E-state index is 0.0337. The van der Waals surface area contributed by atoms with Crippen molar-refractivity contribution in [3.63, 3.8) is 0 Å². The summed E-state index contributed by atoms with van der Waals surface area (Å²) in [4.78, 5) is 11.0. The molecule has 0 spiro atoms. The number of hydrogen-bond acceptors (Lipinski definition) is 2. The van der Waals surface area contributed by atoms with Crippen molar-refractivity contribution < 1.29 is 4.79 Å². The third-order valence-corrected chi connectivity index (χ3v) is 1.89. The zero-order valence-electron chi connectivity index (χ0n) is 7.66. The molecule has 0 aliphatic carbocycles. The molecule has 0 bridgehead atoms. The molecule has 68 valence electrons. The van der Waals surface area contributed by atoms with Gasteiger partial charge in [0.15, 0.2) is 5.78 Å². The van der Waals surface area contributed by atoms with Gasteiger partial charge in [-0.3, -0.25) is 4.79 Å². The fourth-order valence-electron chi connectivity index (χ4n) is 1.12. The lowest BCUT2D eigenvalue weighted by Gasteiger charge is -2.01. The fraction of sp³-hybridized carbons (Fsp3) is 0.182. The number of allylic oxidation sites excluding steroid dienone is 1. The number of hydrogen-bond donors (Lipinski definition) is 1. The average molecular weight is 175 g/mol. The van der Waals surface area contributed by atoms with Crippen LogP contribution in [0.3, 0.4) is 0 Å². The van der Waals surface area contributed by atoms with Gasteiger partial charge >= 0.3 is 0 Å². The highest BCUT2D eigenvalue weighted by Gasteiger charge is 2.03. The van der Waals surface area contributed by atoms with Crippen LogP contribution in [0.25, 0.3) is 0 Å². The molecule has 0 fully saturated rings. The van der Waals surface area contributed by atoms with Crippen molar-refractivity contribution in [2.24, 2.45) is 5.73 Å². The summed E-state index contributed by atoms with van der Waals surface area (Å²) in [5, 5.41) is 0. The first kappa shape index (κ1) is 9.52. The normalized spacial score (nSPS) is 11.3. The van der Waals surface area contributed by atoms with Gasteiger partial charge in [-0.2, -0.15) is 0 Å². The highest BCUT2D eigenvalue weighted by molar-refractivity contribution is 5.93. The molecule has 0 amide bonds. The molecule has 13 heavy (non-hydrogen) atoms. The Kier molecular flexibility index (Phi) is 3.26. The molecule has 1 rings (SSSR count). The predicted molar refractivity (Wildman–Crippen MR) is 53.1 cm³/mol. The van der Waals surface area contributed by atoms with Crippen molar-refractivity contribution in [2.45, 2.75) is 13.3 Å². The molecule has 0 atom stereocenters. The van der Waals surface area contributed by atoms with E-state index >= 15 is 0 Å². The molecule has 2 heteroatoms. The summed E-state index contributed by atoms with van der Waals surface area (Å²) in [5.41, 5.74) is 7.10. The van der Waals surface area contributed by atoms with Crippen molar-refractivity contribution in [1.29, 1.82) is 0 Å². The number of nitrogens with two attached hydrogens (primary N) is 1. The molecule has 0 radical (unpaired) electrons. The largest absolute Gasteiger partial charge is 0.404 e. The monoisotopic (exact) mass is 175 g/mol. The van der Waals surface area contributed by atoms with Crippen molar-refractivity contribution in [3.8, 4) is 0 Å². The first-order valence-electron chi connectivity index (χ1n) is 4.19. The summed E-state index contributed by atoms with van der Waals surface area (Å²) in [7, 11) is 0. The van der Waals surface area contributed by atoms with Gasteiger partial charge in [0.2, 0.25) is 0 Å². The zero-order chi connectivity index (χ0) is 9.68. The van der Waals surface area contributed by atoms with Crippen LogP contribution < -0.4 is 5.73 Å². The maximum Gasteiger partial charge on any atom is 0.157 e. The summed E-state index contributed by atoms with van der Waals surface area (Å²) in [6.07, 6.45) is 2.00. The van der Waals surface area contributed by atoms with Crippen LogP contribution in [0.1, 0.15) is 12.5 Å². The van der Waals surface area contributed by atoms with Gasteiger partial charge in [0.1, 0.15) is 0 Å². The van der Waals surface area contributed by atoms with Crippen LogP contribution in [0.15, 0.2) is 42.1 Å². The van der Waals surface area contributed by atoms with Gasteiger partial charge in [-0.1, -0.05) is 30.3 Å². The van der Waals surface area contributed by atoms with Gasteiger partial charge in [-0.05, 0) is 12.5 Å². The maximum absolute atomic E-state index is 11.0. The Bertz CT molecular complexity index is 314. The number of Topliss-reactive ketones (excluding diaryl/α,β-unsaturated/α-hetero) is 1. The zero-order valence-corrected chi connectivity index (χ0v) is 7.66. The van der Waals surface area contributed by atoms with Crippen LogP contribution >= 0.6 is 0 Å². The molecule has 0 saturated carbocycles. The van der Waals surface area contributed by atoms with Crippen molar-refractivity contribution in [2.75, 3.05) is 0 Å². The summed E-state index contributed by atoms with van der Waals surface area (Å²) in [5.74, 6) is 0.0337. The van der Waals surface area contributed by atoms with E-state index in [1.54, 1.807) is 0 Å². The third kappa shape index (κ3) is 2.75. The fourth-order valence-corrected chi connectivity index (χ4v) is 1.12. The van der Waals surface area contributed by atoms with Crippen LogP contribution in [0.4, 0.5) is 0 Å². The number of carbonyl (C=O) groups excluding carboxylic acids is 1. The summed E-state index contributed by atoms with van der Waals surface area (Å²) in [6, 6.07) is 9.80. The van der Waals surface area contributed by atoms with Gasteiger partial charge in [-0.25, -0.2) is 0 Å². The molecule has 2 nitrogen and oxygen atoms in total. The Morgan fingerprint density at radius 1 is 1.38 bits per heavy atom. The molecule has 0 aliphatic rings. The minimum atomic E-state index is 0.0337. The van der Waals surface area contributed by atoms with E-state index in [-0.39, 0.29) is 5.78 Å². The van der Waals surface area contributed by atoms with E-state index in [9.17, 15) is 4.79 Å². The summed E-state index contributed by atoms with van der Waals surface area (Å²) < 4.78 is 0. The molecule has 0 aliphatic heterocycles. The van der Waals surface area contributed by atoms with E-state index in [0.717, 1.165) is 5.56 Å². The van der Waals surface area contributed by atoms with Gasteiger partial charge in [0, 0.05) is 18.2 Å². The molecule has 2 N–H and O–H groups in total. The van der Waals surface area contributed by atoms with E-state index in [4.69, 9.17) is 5.73 Å². The topological polar surface area (TPSA) is 43.1 Å².